The number of nitrogens with one attached hydrogen (secondary N) is 1. The van der Waals surface area contributed by atoms with E-state index in [0.29, 0.717) is 6.54 Å². The molecule has 28 heavy (non-hydrogen) atoms. The van der Waals surface area contributed by atoms with Crippen molar-refractivity contribution in [3.8, 4) is 5.75 Å². The maximum atomic E-state index is 12.3. The monoisotopic (exact) mass is 408 g/mol. The molecule has 1 saturated heterocycles. The fraction of sp³-hybridized carbons (Fsp3) is 0.609. The molecule has 1 unspecified atom stereocenters. The van der Waals surface area contributed by atoms with E-state index < -0.39 is 0 Å². The number of carbonyl (C=O) groups is 1. The first-order valence-electron chi connectivity index (χ1n) is 10.3. The summed E-state index contributed by atoms with van der Waals surface area (Å²) in [6.07, 6.45) is 7.64. The third-order valence-electron chi connectivity index (χ3n) is 5.73. The van der Waals surface area contributed by atoms with Gasteiger partial charge in [-0.05, 0) is 76.9 Å². The lowest BCUT2D eigenvalue weighted by Gasteiger charge is -2.37. The summed E-state index contributed by atoms with van der Waals surface area (Å²) in [6, 6.07) is 8.34. The van der Waals surface area contributed by atoms with Gasteiger partial charge in [-0.15, -0.1) is 12.4 Å². The second kappa shape index (κ2) is 12.1. The standard InChI is InChI=1S/C23H36N2O2.ClH/c1-5-23(18-24-22(26)16-19(2)3,12-15-25-13-7-6-8-14-25)20-10-9-11-21(17-20)27-4;/h9-11,16-17H,5-8,12-15,18H2,1-4H3,(H,24,26);1H. The predicted octanol–water partition coefficient (Wildman–Crippen LogP) is 4.72. The van der Waals surface area contributed by atoms with Crippen molar-refractivity contribution in [1.29, 1.82) is 0 Å². The van der Waals surface area contributed by atoms with Gasteiger partial charge in [0.15, 0.2) is 0 Å². The van der Waals surface area contributed by atoms with Crippen molar-refractivity contribution in [1.82, 2.24) is 10.2 Å². The molecule has 158 valence electrons. The molecular weight excluding hydrogens is 372 g/mol. The van der Waals surface area contributed by atoms with E-state index in [1.807, 2.05) is 19.9 Å². The van der Waals surface area contributed by atoms with Crippen LogP contribution in [-0.2, 0) is 10.2 Å². The molecule has 1 N–H and O–H groups in total. The number of hydrogen-bond acceptors (Lipinski definition) is 3. The number of likely N-dealkylation sites (tertiary alicyclic amines) is 1. The van der Waals surface area contributed by atoms with Gasteiger partial charge >= 0.3 is 0 Å². The number of halogens is 1. The highest BCUT2D eigenvalue weighted by Gasteiger charge is 2.32. The Morgan fingerprint density at radius 3 is 2.57 bits per heavy atom. The summed E-state index contributed by atoms with van der Waals surface area (Å²) in [5, 5.41) is 3.15. The molecule has 1 aliphatic heterocycles. The molecule has 0 saturated carbocycles. The van der Waals surface area contributed by atoms with Gasteiger partial charge in [0.05, 0.1) is 7.11 Å². The quantitative estimate of drug-likeness (QED) is 0.601. The van der Waals surface area contributed by atoms with Gasteiger partial charge in [0.2, 0.25) is 5.91 Å². The van der Waals surface area contributed by atoms with Crippen LogP contribution in [-0.4, -0.2) is 44.1 Å². The van der Waals surface area contributed by atoms with Crippen LogP contribution in [0.5, 0.6) is 5.75 Å². The fourth-order valence-electron chi connectivity index (χ4n) is 3.92. The van der Waals surface area contributed by atoms with E-state index in [2.05, 4.69) is 35.3 Å². The molecule has 1 aromatic carbocycles. The lowest BCUT2D eigenvalue weighted by molar-refractivity contribution is -0.116. The molecule has 1 aliphatic rings. The van der Waals surface area contributed by atoms with Crippen LogP contribution >= 0.6 is 12.4 Å². The number of methoxy groups -OCH3 is 1. The highest BCUT2D eigenvalue weighted by atomic mass is 35.5. The third kappa shape index (κ3) is 7.14. The summed E-state index contributed by atoms with van der Waals surface area (Å²) in [7, 11) is 1.71. The number of ether oxygens (including phenoxy) is 1. The summed E-state index contributed by atoms with van der Waals surface area (Å²) in [5.74, 6) is 0.868. The van der Waals surface area contributed by atoms with Gasteiger partial charge in [-0.3, -0.25) is 4.79 Å². The number of hydrogen-bond donors (Lipinski definition) is 1. The number of nitrogens with zero attached hydrogens (tertiary/aromatic N) is 1. The van der Waals surface area contributed by atoms with E-state index in [-0.39, 0.29) is 23.7 Å². The number of amides is 1. The van der Waals surface area contributed by atoms with E-state index >= 15 is 0 Å². The summed E-state index contributed by atoms with van der Waals surface area (Å²) in [4.78, 5) is 14.8. The Hall–Kier alpha value is -1.52. The molecule has 1 heterocycles. The average molecular weight is 409 g/mol. The zero-order chi connectivity index (χ0) is 19.7. The second-order valence-corrected chi connectivity index (χ2v) is 7.96. The molecule has 5 heteroatoms. The van der Waals surface area contributed by atoms with Crippen LogP contribution in [0.1, 0.15) is 58.4 Å². The van der Waals surface area contributed by atoms with Crippen molar-refractivity contribution in [2.24, 2.45) is 0 Å². The minimum atomic E-state index is -0.0862. The molecule has 1 amide bonds. The Bertz CT molecular complexity index is 637. The Labute approximate surface area is 177 Å². The molecule has 0 aromatic heterocycles. The number of carbonyl (C=O) groups excluding carboxylic acids is 1. The summed E-state index contributed by atoms with van der Waals surface area (Å²) >= 11 is 0. The summed E-state index contributed by atoms with van der Waals surface area (Å²) in [5.41, 5.74) is 2.18. The Morgan fingerprint density at radius 2 is 1.96 bits per heavy atom. The minimum absolute atomic E-state index is 0. The molecule has 0 radical (unpaired) electrons. The number of benzene rings is 1. The van der Waals surface area contributed by atoms with E-state index in [1.165, 1.54) is 37.9 Å². The van der Waals surface area contributed by atoms with E-state index in [0.717, 1.165) is 30.7 Å². The Kier molecular flexibility index (Phi) is 10.6. The summed E-state index contributed by atoms with van der Waals surface area (Å²) in [6.45, 7) is 10.2. The normalized spacial score (nSPS) is 16.4. The SMILES string of the molecule is CCC(CCN1CCCCC1)(CNC(=O)C=C(C)C)c1cccc(OC)c1.Cl. The van der Waals surface area contributed by atoms with Crippen molar-refractivity contribution in [2.45, 2.75) is 58.3 Å². The maximum Gasteiger partial charge on any atom is 0.243 e. The first kappa shape index (κ1) is 24.5. The smallest absolute Gasteiger partial charge is 0.243 e. The van der Waals surface area contributed by atoms with Crippen molar-refractivity contribution in [2.75, 3.05) is 33.3 Å². The first-order chi connectivity index (χ1) is 13.0. The largest absolute Gasteiger partial charge is 0.497 e. The zero-order valence-electron chi connectivity index (χ0n) is 17.9. The molecule has 1 atom stereocenters. The number of rotatable bonds is 9. The molecule has 4 nitrogen and oxygen atoms in total. The molecule has 1 fully saturated rings. The van der Waals surface area contributed by atoms with Crippen molar-refractivity contribution < 1.29 is 9.53 Å². The Morgan fingerprint density at radius 1 is 1.25 bits per heavy atom. The predicted molar refractivity (Wildman–Crippen MR) is 120 cm³/mol. The molecular formula is C23H37ClN2O2. The van der Waals surface area contributed by atoms with Gasteiger partial charge in [0, 0.05) is 18.0 Å². The van der Waals surface area contributed by atoms with Crippen LogP contribution in [0.15, 0.2) is 35.9 Å². The summed E-state index contributed by atoms with van der Waals surface area (Å²) < 4.78 is 5.46. The van der Waals surface area contributed by atoms with Gasteiger partial charge in [-0.2, -0.15) is 0 Å². The van der Waals surface area contributed by atoms with Gasteiger partial charge in [-0.1, -0.05) is 31.1 Å². The minimum Gasteiger partial charge on any atom is -0.497 e. The third-order valence-corrected chi connectivity index (χ3v) is 5.73. The van der Waals surface area contributed by atoms with Crippen LogP contribution < -0.4 is 10.1 Å². The van der Waals surface area contributed by atoms with Gasteiger partial charge in [-0.25, -0.2) is 0 Å². The molecule has 2 rings (SSSR count). The fourth-order valence-corrected chi connectivity index (χ4v) is 3.92. The van der Waals surface area contributed by atoms with Crippen molar-refractivity contribution >= 4 is 18.3 Å². The Balaban J connectivity index is 0.00000392. The zero-order valence-corrected chi connectivity index (χ0v) is 18.7. The molecule has 0 bridgehead atoms. The van der Waals surface area contributed by atoms with Crippen LogP contribution in [0.25, 0.3) is 0 Å². The molecule has 0 aliphatic carbocycles. The lowest BCUT2D eigenvalue weighted by Crippen LogP contribution is -2.43. The van der Waals surface area contributed by atoms with Crippen LogP contribution in [0.3, 0.4) is 0 Å². The highest BCUT2D eigenvalue weighted by Crippen LogP contribution is 2.34. The van der Waals surface area contributed by atoms with Crippen molar-refractivity contribution in [3.63, 3.8) is 0 Å². The van der Waals surface area contributed by atoms with Gasteiger partial charge < -0.3 is 15.0 Å². The average Bonchev–Trinajstić information content (AvgIpc) is 2.69. The highest BCUT2D eigenvalue weighted by molar-refractivity contribution is 5.88. The topological polar surface area (TPSA) is 41.6 Å². The number of allylic oxidation sites excluding steroid dienone is 1. The van der Waals surface area contributed by atoms with Gasteiger partial charge in [0.25, 0.3) is 0 Å². The molecule has 1 aromatic rings. The lowest BCUT2D eigenvalue weighted by atomic mass is 9.74. The number of piperidine rings is 1. The maximum absolute atomic E-state index is 12.3. The van der Waals surface area contributed by atoms with Crippen LogP contribution in [0.2, 0.25) is 0 Å². The molecule has 0 spiro atoms. The van der Waals surface area contributed by atoms with Crippen LogP contribution in [0, 0.1) is 0 Å². The van der Waals surface area contributed by atoms with E-state index in [1.54, 1.807) is 13.2 Å². The van der Waals surface area contributed by atoms with E-state index in [9.17, 15) is 4.79 Å². The van der Waals surface area contributed by atoms with Crippen molar-refractivity contribution in [3.05, 3.63) is 41.5 Å². The van der Waals surface area contributed by atoms with Gasteiger partial charge in [0.1, 0.15) is 5.75 Å². The van der Waals surface area contributed by atoms with Crippen LogP contribution in [0.4, 0.5) is 0 Å². The van der Waals surface area contributed by atoms with E-state index in [4.69, 9.17) is 4.74 Å². The first-order valence-corrected chi connectivity index (χ1v) is 10.3. The second-order valence-electron chi connectivity index (χ2n) is 7.96.